The molecule has 0 aromatic rings. The summed E-state index contributed by atoms with van der Waals surface area (Å²) in [5.41, 5.74) is 0. The van der Waals surface area contributed by atoms with E-state index >= 15 is 0 Å². The van der Waals surface area contributed by atoms with Gasteiger partial charge in [0, 0.05) is 36.4 Å². The van der Waals surface area contributed by atoms with Crippen molar-refractivity contribution >= 4 is 22.2 Å². The molecule has 0 aromatic heterocycles. The second-order valence-electron chi connectivity index (χ2n) is 7.56. The van der Waals surface area contributed by atoms with Gasteiger partial charge in [0.15, 0.2) is 12.7 Å². The predicted molar refractivity (Wildman–Crippen MR) is 97.3 cm³/mol. The fourth-order valence-corrected chi connectivity index (χ4v) is 6.36. The fourth-order valence-electron chi connectivity index (χ4n) is 4.67. The van der Waals surface area contributed by atoms with E-state index in [1.807, 2.05) is 0 Å². The van der Waals surface area contributed by atoms with E-state index in [9.17, 15) is 28.4 Å². The first kappa shape index (κ1) is 27.1. The number of nitrogens with one attached hydrogen (secondary N) is 4. The van der Waals surface area contributed by atoms with Gasteiger partial charge in [-0.25, -0.2) is 5.32 Å². The number of rotatable bonds is 7. The number of aliphatic hydroxyl groups is 2. The van der Waals surface area contributed by atoms with E-state index in [0.717, 1.165) is 12.0 Å². The molecule has 1 saturated heterocycles. The second kappa shape index (κ2) is 11.8. The molecule has 9 atom stereocenters. The molecule has 3 rings (SSSR count). The second-order valence-corrected chi connectivity index (χ2v) is 10.3. The molecule has 1 aliphatic heterocycles. The van der Waals surface area contributed by atoms with Crippen molar-refractivity contribution in [3.05, 3.63) is 0 Å². The van der Waals surface area contributed by atoms with Crippen LogP contribution in [-0.4, -0.2) is 71.9 Å². The Morgan fingerprint density at radius 3 is 2.50 bits per heavy atom. The van der Waals surface area contributed by atoms with Crippen molar-refractivity contribution in [2.24, 2.45) is 11.8 Å². The molecule has 3 fully saturated rings. The van der Waals surface area contributed by atoms with Crippen LogP contribution in [-0.2, 0) is 24.2 Å². The third kappa shape index (κ3) is 6.93. The van der Waals surface area contributed by atoms with Crippen LogP contribution in [0.2, 0.25) is 0 Å². The van der Waals surface area contributed by atoms with Crippen molar-refractivity contribution < 1.29 is 72.1 Å². The van der Waals surface area contributed by atoms with Gasteiger partial charge in [-0.3, -0.25) is 25.5 Å². The Morgan fingerprint density at radius 1 is 1.13 bits per heavy atom. The maximum absolute atomic E-state index is 11.6. The first-order chi connectivity index (χ1) is 13.7. The number of aliphatic hydroxyl groups excluding tert-OH is 2. The number of hydrogen-bond donors (Lipinski definition) is 7. The summed E-state index contributed by atoms with van der Waals surface area (Å²) < 4.78 is 42.3. The van der Waals surface area contributed by atoms with Crippen molar-refractivity contribution in [3.63, 3.8) is 0 Å². The van der Waals surface area contributed by atoms with Crippen molar-refractivity contribution in [3.8, 4) is 0 Å². The largest absolute Gasteiger partial charge is 1.00 e. The van der Waals surface area contributed by atoms with E-state index in [4.69, 9.17) is 4.74 Å². The van der Waals surface area contributed by atoms with Gasteiger partial charge in [-0.1, -0.05) is 0 Å². The molecular weight excluding hydrogens is 455 g/mol. The molecule has 9 unspecified atom stereocenters. The minimum absolute atomic E-state index is 0. The Kier molecular flexibility index (Phi) is 10.7. The van der Waals surface area contributed by atoms with Gasteiger partial charge in [-0.05, 0) is 31.6 Å². The smallest absolute Gasteiger partial charge is 0.691 e. The molecule has 2 aliphatic carbocycles. The van der Waals surface area contributed by atoms with Gasteiger partial charge in [0.25, 0.3) is 10.1 Å². The molecule has 1 heterocycles. The summed E-state index contributed by atoms with van der Waals surface area (Å²) in [7, 11) is -2.82. The van der Waals surface area contributed by atoms with Crippen LogP contribution in [0, 0.1) is 11.8 Å². The van der Waals surface area contributed by atoms with E-state index in [0.29, 0.717) is 12.8 Å². The van der Waals surface area contributed by atoms with Crippen LogP contribution in [0.25, 0.3) is 0 Å². The number of hydrogen-bond acceptors (Lipinski definition) is 13. The SMILES string of the molecule is COC1NC(O)NC(NC2CC(SOO[O-])CC3CC(S(=O)(=O)O)CC(O)C32)N1.[Na+]. The third-order valence-corrected chi connectivity index (χ3v) is 7.82. The van der Waals surface area contributed by atoms with Crippen LogP contribution >= 0.6 is 12.0 Å². The van der Waals surface area contributed by atoms with Gasteiger partial charge in [0.1, 0.15) is 6.29 Å². The molecule has 170 valence electrons. The summed E-state index contributed by atoms with van der Waals surface area (Å²) in [6.45, 7) is 0. The Bertz CT molecular complexity index is 651. The van der Waals surface area contributed by atoms with Crippen LogP contribution in [0.5, 0.6) is 0 Å². The fraction of sp³-hybridized carbons (Fsp3) is 1.00. The van der Waals surface area contributed by atoms with E-state index in [-0.39, 0.29) is 65.5 Å². The first-order valence-electron chi connectivity index (χ1n) is 9.22. The summed E-state index contributed by atoms with van der Waals surface area (Å²) in [6.07, 6.45) is -2.09. The van der Waals surface area contributed by atoms with E-state index < -0.39 is 40.5 Å². The van der Waals surface area contributed by atoms with Crippen molar-refractivity contribution in [2.75, 3.05) is 7.11 Å². The Hall–Kier alpha value is 0.860. The Balaban J connectivity index is 0.00000320. The van der Waals surface area contributed by atoms with Gasteiger partial charge < -0.3 is 20.2 Å². The molecule has 0 radical (unpaired) electrons. The average Bonchev–Trinajstić information content (AvgIpc) is 2.64. The molecule has 0 spiro atoms. The molecule has 30 heavy (non-hydrogen) atoms. The van der Waals surface area contributed by atoms with Gasteiger partial charge in [0.2, 0.25) is 0 Å². The van der Waals surface area contributed by atoms with Crippen LogP contribution < -0.4 is 56.1 Å². The molecule has 7 N–H and O–H groups in total. The van der Waals surface area contributed by atoms with Crippen LogP contribution in [0.15, 0.2) is 0 Å². The Morgan fingerprint density at radius 2 is 1.87 bits per heavy atom. The summed E-state index contributed by atoms with van der Waals surface area (Å²) in [5.74, 6) is -0.538. The minimum atomic E-state index is -4.28. The molecule has 0 aromatic carbocycles. The third-order valence-electron chi connectivity index (χ3n) is 5.80. The standard InChI is InChI=1S/C14H28N4O9S2.Na/c1-25-14-17-12(16-13(20)18-14)15-9-4-7(28-27-26-21)2-6-3-8(29(22,23)24)5-10(19)11(6)9;/h6-21H,2-5H2,1H3,(H,22,23,24);/q;+1/p-1. The van der Waals surface area contributed by atoms with Gasteiger partial charge in [0.05, 0.1) is 11.4 Å². The first-order valence-corrected chi connectivity index (χ1v) is 11.5. The number of ether oxygens (including phenoxy) is 1. The van der Waals surface area contributed by atoms with Gasteiger partial charge in [-0.2, -0.15) is 12.8 Å². The van der Waals surface area contributed by atoms with Crippen LogP contribution in [0.3, 0.4) is 0 Å². The zero-order chi connectivity index (χ0) is 21.2. The van der Waals surface area contributed by atoms with Gasteiger partial charge in [-0.15, -0.1) is 0 Å². The summed E-state index contributed by atoms with van der Waals surface area (Å²) in [6, 6.07) is -0.313. The zero-order valence-electron chi connectivity index (χ0n) is 16.6. The monoisotopic (exact) mass is 482 g/mol. The topological polar surface area (TPSA) is 194 Å². The van der Waals surface area contributed by atoms with Crippen molar-refractivity contribution in [2.45, 2.75) is 67.3 Å². The average molecular weight is 483 g/mol. The molecular formula is C14H27N4NaO9S2. The summed E-state index contributed by atoms with van der Waals surface area (Å²) >= 11 is 0.839. The zero-order valence-corrected chi connectivity index (χ0v) is 20.3. The molecule has 0 bridgehead atoms. The minimum Gasteiger partial charge on any atom is -0.691 e. The molecule has 13 nitrogen and oxygen atoms in total. The van der Waals surface area contributed by atoms with Crippen molar-refractivity contribution in [1.29, 1.82) is 0 Å². The van der Waals surface area contributed by atoms with E-state index in [2.05, 4.69) is 30.6 Å². The predicted octanol–water partition coefficient (Wildman–Crippen LogP) is -6.10. The maximum Gasteiger partial charge on any atom is 1.00 e. The number of methoxy groups -OCH3 is 1. The van der Waals surface area contributed by atoms with E-state index in [1.165, 1.54) is 7.11 Å². The maximum atomic E-state index is 11.6. The molecule has 2 saturated carbocycles. The normalized spacial score (nSPS) is 42.2. The van der Waals surface area contributed by atoms with Crippen LogP contribution in [0.1, 0.15) is 25.7 Å². The molecule has 3 aliphatic rings. The van der Waals surface area contributed by atoms with Gasteiger partial charge >= 0.3 is 29.6 Å². The summed E-state index contributed by atoms with van der Waals surface area (Å²) in [4.78, 5) is 0. The number of fused-ring (bicyclic) bond motifs is 1. The van der Waals surface area contributed by atoms with E-state index in [1.54, 1.807) is 0 Å². The van der Waals surface area contributed by atoms with Crippen molar-refractivity contribution in [1.82, 2.24) is 21.3 Å². The quantitative estimate of drug-likeness (QED) is 0.0595. The molecule has 16 heteroatoms. The van der Waals surface area contributed by atoms with Crippen LogP contribution in [0.4, 0.5) is 0 Å². The molecule has 0 amide bonds. The Labute approximate surface area is 201 Å². The summed E-state index contributed by atoms with van der Waals surface area (Å²) in [5, 5.41) is 44.8.